The van der Waals surface area contributed by atoms with E-state index in [0.717, 1.165) is 11.6 Å². The predicted octanol–water partition coefficient (Wildman–Crippen LogP) is 3.36. The lowest BCUT2D eigenvalue weighted by Crippen LogP contribution is -2.32. The summed E-state index contributed by atoms with van der Waals surface area (Å²) in [4.78, 5) is 14.5. The van der Waals surface area contributed by atoms with Gasteiger partial charge in [-0.15, -0.1) is 0 Å². The molecule has 12 heteroatoms. The molecule has 1 aliphatic rings. The lowest BCUT2D eigenvalue weighted by molar-refractivity contribution is -0.112. The number of sulfonamides is 1. The number of hydrogen-bond acceptors (Lipinski definition) is 5. The number of rotatable bonds is 5. The fourth-order valence-electron chi connectivity index (χ4n) is 3.35. The smallest absolute Gasteiger partial charge is 0.279 e. The van der Waals surface area contributed by atoms with Gasteiger partial charge in [-0.25, -0.2) is 17.9 Å². The molecule has 1 amide bonds. The topological polar surface area (TPSA) is 117 Å². The zero-order valence-electron chi connectivity index (χ0n) is 17.3. The van der Waals surface area contributed by atoms with Crippen molar-refractivity contribution in [1.82, 2.24) is 5.43 Å². The highest BCUT2D eigenvalue weighted by Crippen LogP contribution is 2.34. The van der Waals surface area contributed by atoms with E-state index in [1.807, 2.05) is 30.3 Å². The van der Waals surface area contributed by atoms with Crippen molar-refractivity contribution in [1.29, 1.82) is 0 Å². The first-order chi connectivity index (χ1) is 16.1. The van der Waals surface area contributed by atoms with Gasteiger partial charge < -0.3 is 10.2 Å². The number of amides is 1. The van der Waals surface area contributed by atoms with Crippen molar-refractivity contribution < 1.29 is 17.6 Å². The molecule has 174 valence electrons. The number of primary sulfonamides is 1. The van der Waals surface area contributed by atoms with Gasteiger partial charge in [0.1, 0.15) is 5.82 Å². The highest BCUT2D eigenvalue weighted by atomic mass is 35.5. The number of halogens is 2. The average molecular weight is 518 g/mol. The molecule has 0 saturated heterocycles. The van der Waals surface area contributed by atoms with Crippen LogP contribution in [0.3, 0.4) is 0 Å². The molecular formula is C22H17ClFN5O3S2. The molecule has 0 bridgehead atoms. The van der Waals surface area contributed by atoms with Crippen LogP contribution in [0.5, 0.6) is 0 Å². The van der Waals surface area contributed by atoms with Gasteiger partial charge in [-0.1, -0.05) is 48.0 Å². The Balaban J connectivity index is 1.59. The van der Waals surface area contributed by atoms with Gasteiger partial charge in [0.15, 0.2) is 10.8 Å². The van der Waals surface area contributed by atoms with Gasteiger partial charge in [-0.3, -0.25) is 10.2 Å². The molecule has 4 rings (SSSR count). The quantitative estimate of drug-likeness (QED) is 0.353. The fourth-order valence-corrected chi connectivity index (χ4v) is 4.23. The molecule has 0 fully saturated rings. The summed E-state index contributed by atoms with van der Waals surface area (Å²) in [5.41, 5.74) is 4.37. The maximum absolute atomic E-state index is 14.2. The summed E-state index contributed by atoms with van der Waals surface area (Å²) in [6, 6.07) is 17.5. The minimum Gasteiger partial charge on any atom is -0.331 e. The number of thiocarbonyl (C=S) groups is 1. The predicted molar refractivity (Wildman–Crippen MR) is 133 cm³/mol. The lowest BCUT2D eigenvalue weighted by atomic mass is 10.1. The molecule has 0 aromatic heterocycles. The van der Waals surface area contributed by atoms with E-state index >= 15 is 0 Å². The number of hydrazone groups is 1. The first-order valence-electron chi connectivity index (χ1n) is 9.76. The van der Waals surface area contributed by atoms with E-state index in [1.165, 1.54) is 29.2 Å². The number of carbonyl (C=O) groups excluding carboxylic acids is 1. The van der Waals surface area contributed by atoms with Gasteiger partial charge in [0, 0.05) is 11.3 Å². The van der Waals surface area contributed by atoms with Crippen LogP contribution in [-0.4, -0.2) is 25.1 Å². The number of nitrogens with zero attached hydrogens (tertiary/aromatic N) is 2. The van der Waals surface area contributed by atoms with Crippen LogP contribution in [0.15, 0.2) is 76.7 Å². The van der Waals surface area contributed by atoms with Crippen LogP contribution in [0, 0.1) is 5.82 Å². The molecule has 0 radical (unpaired) electrons. The second kappa shape index (κ2) is 9.47. The van der Waals surface area contributed by atoms with Gasteiger partial charge in [-0.05, 0) is 48.1 Å². The Morgan fingerprint density at radius 2 is 1.85 bits per heavy atom. The molecule has 0 saturated carbocycles. The highest BCUT2D eigenvalue weighted by Gasteiger charge is 2.35. The molecule has 34 heavy (non-hydrogen) atoms. The van der Waals surface area contributed by atoms with E-state index in [9.17, 15) is 17.6 Å². The van der Waals surface area contributed by atoms with Crippen LogP contribution in [0.1, 0.15) is 11.1 Å². The number of anilines is 2. The Kier molecular flexibility index (Phi) is 6.62. The molecule has 0 atom stereocenters. The largest absolute Gasteiger partial charge is 0.331 e. The lowest BCUT2D eigenvalue weighted by Gasteiger charge is -2.17. The van der Waals surface area contributed by atoms with Crippen LogP contribution in [0.2, 0.25) is 5.02 Å². The van der Waals surface area contributed by atoms with Crippen molar-refractivity contribution >= 4 is 61.9 Å². The first-order valence-corrected chi connectivity index (χ1v) is 12.1. The van der Waals surface area contributed by atoms with Crippen LogP contribution < -0.4 is 20.8 Å². The Hall–Kier alpha value is -3.38. The number of hydrogen-bond donors (Lipinski definition) is 3. The Labute approximate surface area is 205 Å². The van der Waals surface area contributed by atoms with E-state index in [2.05, 4.69) is 15.8 Å². The minimum absolute atomic E-state index is 0.0237. The summed E-state index contributed by atoms with van der Waals surface area (Å²) in [5, 5.41) is 11.9. The summed E-state index contributed by atoms with van der Waals surface area (Å²) in [5.74, 6) is -1.16. The Bertz CT molecular complexity index is 1430. The monoisotopic (exact) mass is 517 g/mol. The van der Waals surface area contributed by atoms with Crippen molar-refractivity contribution in [3.05, 3.63) is 88.7 Å². The van der Waals surface area contributed by atoms with Crippen LogP contribution >= 0.6 is 23.8 Å². The molecule has 4 N–H and O–H groups in total. The van der Waals surface area contributed by atoms with Gasteiger partial charge in [0.25, 0.3) is 5.91 Å². The van der Waals surface area contributed by atoms with Crippen molar-refractivity contribution in [3.8, 4) is 0 Å². The zero-order chi connectivity index (χ0) is 24.5. The third-order valence-corrected chi connectivity index (χ3v) is 6.30. The van der Waals surface area contributed by atoms with Crippen LogP contribution in [0.25, 0.3) is 0 Å². The van der Waals surface area contributed by atoms with Crippen molar-refractivity contribution in [2.24, 2.45) is 10.2 Å². The molecule has 3 aromatic carbocycles. The molecular weight excluding hydrogens is 501 g/mol. The summed E-state index contributed by atoms with van der Waals surface area (Å²) in [6.45, 7) is 0.233. The van der Waals surface area contributed by atoms with E-state index in [1.54, 1.807) is 6.07 Å². The van der Waals surface area contributed by atoms with Crippen LogP contribution in [0.4, 0.5) is 15.8 Å². The van der Waals surface area contributed by atoms with Gasteiger partial charge in [0.2, 0.25) is 10.0 Å². The number of nitrogens with one attached hydrogen (secondary N) is 2. The van der Waals surface area contributed by atoms with Gasteiger partial charge in [-0.2, -0.15) is 5.10 Å². The molecule has 0 spiro atoms. The summed E-state index contributed by atoms with van der Waals surface area (Å²) in [6.07, 6.45) is 0. The number of carbonyl (C=O) groups is 1. The maximum atomic E-state index is 14.2. The number of nitrogens with two attached hydrogens (primary N) is 1. The molecule has 3 aromatic rings. The van der Waals surface area contributed by atoms with E-state index < -0.39 is 21.7 Å². The molecule has 1 aliphatic heterocycles. The standard InChI is InChI=1S/C22H17ClFN5O3S2/c23-17-11-19-16(10-18(17)24)20(21(30)29(19)12-13-5-2-1-3-6-13)27-28-22(33)26-14-7-4-8-15(9-14)34(25,31)32/h1-11H,12H2,(H2,25,31,32)(H2,26,28,33). The second-order valence-electron chi connectivity index (χ2n) is 7.26. The molecule has 0 unspecified atom stereocenters. The molecule has 0 aliphatic carbocycles. The van der Waals surface area contributed by atoms with E-state index in [0.29, 0.717) is 11.4 Å². The Morgan fingerprint density at radius 1 is 1.12 bits per heavy atom. The fraction of sp³-hybridized carbons (Fsp3) is 0.0455. The van der Waals surface area contributed by atoms with Gasteiger partial charge in [0.05, 0.1) is 22.2 Å². The molecule has 8 nitrogen and oxygen atoms in total. The third-order valence-electron chi connectivity index (χ3n) is 4.91. The first kappa shape index (κ1) is 23.8. The number of benzene rings is 3. The third kappa shape index (κ3) is 5.07. The maximum Gasteiger partial charge on any atom is 0.279 e. The van der Waals surface area contributed by atoms with Crippen molar-refractivity contribution in [3.63, 3.8) is 0 Å². The van der Waals surface area contributed by atoms with Crippen molar-refractivity contribution in [2.75, 3.05) is 10.2 Å². The van der Waals surface area contributed by atoms with Gasteiger partial charge >= 0.3 is 0 Å². The SMILES string of the molecule is NS(=O)(=O)c1cccc(NC(=S)NN=C2C(=O)N(Cc3ccccc3)c3cc(Cl)c(F)cc32)c1. The minimum atomic E-state index is -3.89. The second-order valence-corrected chi connectivity index (χ2v) is 9.64. The van der Waals surface area contributed by atoms with Crippen molar-refractivity contribution in [2.45, 2.75) is 11.4 Å². The van der Waals surface area contributed by atoms with E-state index in [4.69, 9.17) is 29.0 Å². The van der Waals surface area contributed by atoms with Crippen LogP contribution in [-0.2, 0) is 21.4 Å². The molecule has 1 heterocycles. The number of fused-ring (bicyclic) bond motifs is 1. The average Bonchev–Trinajstić information content (AvgIpc) is 3.03. The normalized spacial score (nSPS) is 14.3. The highest BCUT2D eigenvalue weighted by molar-refractivity contribution is 7.89. The summed E-state index contributed by atoms with van der Waals surface area (Å²) >= 11 is 11.2. The van der Waals surface area contributed by atoms with E-state index in [-0.39, 0.29) is 32.9 Å². The Morgan fingerprint density at radius 3 is 2.56 bits per heavy atom. The summed E-state index contributed by atoms with van der Waals surface area (Å²) < 4.78 is 37.3. The zero-order valence-corrected chi connectivity index (χ0v) is 19.7. The summed E-state index contributed by atoms with van der Waals surface area (Å²) in [7, 11) is -3.89.